The van der Waals surface area contributed by atoms with Gasteiger partial charge in [0.15, 0.2) is 0 Å². The molecule has 0 radical (unpaired) electrons. The fraction of sp³-hybridized carbons (Fsp3) is 0.500. The fourth-order valence-electron chi connectivity index (χ4n) is 1.83. The Kier molecular flexibility index (Phi) is 7.23. The number of aliphatic hydroxyl groups excluding tert-OH is 1. The summed E-state index contributed by atoms with van der Waals surface area (Å²) in [5.41, 5.74) is 0.906. The molecule has 0 amide bonds. The number of hydrogen-bond donors (Lipinski definition) is 2. The highest BCUT2D eigenvalue weighted by Gasteiger charge is 2.13. The van der Waals surface area contributed by atoms with Gasteiger partial charge in [0.1, 0.15) is 0 Å². The highest BCUT2D eigenvalue weighted by Crippen LogP contribution is 2.11. The van der Waals surface area contributed by atoms with Crippen molar-refractivity contribution in [2.75, 3.05) is 13.2 Å². The van der Waals surface area contributed by atoms with Crippen LogP contribution in [0.15, 0.2) is 24.3 Å². The standard InChI is InChI=1S/C14H20N2O3S/c15-11-13-7-3-4-8-14(13)12-20(18,19)16-9-5-1-2-6-10-17/h3-4,7-8,16-17H,1-2,5-6,9-10,12H2. The molecule has 0 saturated heterocycles. The van der Waals surface area contributed by atoms with Crippen LogP contribution in [0.1, 0.15) is 36.8 Å². The van der Waals surface area contributed by atoms with E-state index < -0.39 is 10.0 Å². The summed E-state index contributed by atoms with van der Waals surface area (Å²) >= 11 is 0. The smallest absolute Gasteiger partial charge is 0.215 e. The van der Waals surface area contributed by atoms with Gasteiger partial charge < -0.3 is 5.11 Å². The van der Waals surface area contributed by atoms with Crippen molar-refractivity contribution in [2.45, 2.75) is 31.4 Å². The summed E-state index contributed by atoms with van der Waals surface area (Å²) in [4.78, 5) is 0. The summed E-state index contributed by atoms with van der Waals surface area (Å²) in [6.45, 7) is 0.569. The predicted octanol–water partition coefficient (Wildman–Crippen LogP) is 1.53. The van der Waals surface area contributed by atoms with E-state index in [0.717, 1.165) is 25.7 Å². The molecule has 0 saturated carbocycles. The quantitative estimate of drug-likeness (QED) is 0.676. The molecule has 5 nitrogen and oxygen atoms in total. The van der Waals surface area contributed by atoms with E-state index in [1.54, 1.807) is 24.3 Å². The normalized spacial score (nSPS) is 11.2. The molecule has 1 aromatic rings. The number of benzene rings is 1. The number of nitrogens with one attached hydrogen (secondary N) is 1. The lowest BCUT2D eigenvalue weighted by Gasteiger charge is -2.07. The summed E-state index contributed by atoms with van der Waals surface area (Å²) in [6, 6.07) is 8.69. The van der Waals surface area contributed by atoms with E-state index in [-0.39, 0.29) is 12.4 Å². The van der Waals surface area contributed by atoms with Gasteiger partial charge in [-0.25, -0.2) is 13.1 Å². The van der Waals surface area contributed by atoms with Gasteiger partial charge in [0.2, 0.25) is 10.0 Å². The van der Waals surface area contributed by atoms with E-state index in [1.165, 1.54) is 0 Å². The number of sulfonamides is 1. The van der Waals surface area contributed by atoms with Gasteiger partial charge >= 0.3 is 0 Å². The summed E-state index contributed by atoms with van der Waals surface area (Å²) in [5, 5.41) is 17.6. The first-order valence-corrected chi connectivity index (χ1v) is 8.30. The van der Waals surface area contributed by atoms with E-state index in [0.29, 0.717) is 17.7 Å². The molecule has 0 fully saturated rings. The van der Waals surface area contributed by atoms with Crippen molar-refractivity contribution in [3.8, 4) is 6.07 Å². The number of nitrogens with zero attached hydrogens (tertiary/aromatic N) is 1. The van der Waals surface area contributed by atoms with Crippen molar-refractivity contribution in [1.82, 2.24) is 4.72 Å². The number of aliphatic hydroxyl groups is 1. The summed E-state index contributed by atoms with van der Waals surface area (Å²) in [7, 11) is -3.41. The van der Waals surface area contributed by atoms with Crippen LogP contribution in [-0.2, 0) is 15.8 Å². The van der Waals surface area contributed by atoms with Crippen LogP contribution in [0.5, 0.6) is 0 Å². The van der Waals surface area contributed by atoms with Gasteiger partial charge in [0.25, 0.3) is 0 Å². The molecule has 20 heavy (non-hydrogen) atoms. The van der Waals surface area contributed by atoms with Crippen molar-refractivity contribution in [2.24, 2.45) is 0 Å². The van der Waals surface area contributed by atoms with Crippen LogP contribution in [0.2, 0.25) is 0 Å². The number of hydrogen-bond acceptors (Lipinski definition) is 4. The third-order valence-corrected chi connectivity index (χ3v) is 4.23. The Morgan fingerprint density at radius 2 is 1.85 bits per heavy atom. The zero-order valence-corrected chi connectivity index (χ0v) is 12.2. The van der Waals surface area contributed by atoms with Gasteiger partial charge in [0.05, 0.1) is 17.4 Å². The van der Waals surface area contributed by atoms with E-state index in [4.69, 9.17) is 10.4 Å². The average molecular weight is 296 g/mol. The summed E-state index contributed by atoms with van der Waals surface area (Å²) in [6.07, 6.45) is 3.29. The van der Waals surface area contributed by atoms with Crippen LogP contribution in [0.3, 0.4) is 0 Å². The second-order valence-electron chi connectivity index (χ2n) is 4.56. The van der Waals surface area contributed by atoms with Crippen LogP contribution < -0.4 is 4.72 Å². The molecular weight excluding hydrogens is 276 g/mol. The Morgan fingerprint density at radius 1 is 1.15 bits per heavy atom. The molecule has 0 heterocycles. The molecule has 2 N–H and O–H groups in total. The lowest BCUT2D eigenvalue weighted by Crippen LogP contribution is -2.26. The van der Waals surface area contributed by atoms with Gasteiger partial charge in [-0.1, -0.05) is 31.0 Å². The minimum Gasteiger partial charge on any atom is -0.396 e. The zero-order valence-electron chi connectivity index (χ0n) is 11.4. The highest BCUT2D eigenvalue weighted by atomic mass is 32.2. The lowest BCUT2D eigenvalue weighted by molar-refractivity contribution is 0.282. The molecule has 0 aliphatic carbocycles. The maximum Gasteiger partial charge on any atom is 0.215 e. The molecule has 0 atom stereocenters. The first-order valence-electron chi connectivity index (χ1n) is 6.65. The topological polar surface area (TPSA) is 90.2 Å². The molecule has 0 aliphatic heterocycles. The van der Waals surface area contributed by atoms with E-state index in [2.05, 4.69) is 4.72 Å². The maximum absolute atomic E-state index is 11.9. The first kappa shape index (κ1) is 16.6. The third kappa shape index (κ3) is 6.15. The fourth-order valence-corrected chi connectivity index (χ4v) is 3.05. The van der Waals surface area contributed by atoms with Crippen LogP contribution in [0.4, 0.5) is 0 Å². The number of rotatable bonds is 9. The number of unbranched alkanes of at least 4 members (excludes halogenated alkanes) is 3. The summed E-state index contributed by atoms with van der Waals surface area (Å²) in [5.74, 6) is -0.173. The molecule has 110 valence electrons. The van der Waals surface area contributed by atoms with E-state index in [9.17, 15) is 8.42 Å². The zero-order chi connectivity index (χ0) is 14.8. The lowest BCUT2D eigenvalue weighted by atomic mass is 10.1. The first-order chi connectivity index (χ1) is 9.59. The van der Waals surface area contributed by atoms with Crippen molar-refractivity contribution in [3.05, 3.63) is 35.4 Å². The van der Waals surface area contributed by atoms with Gasteiger partial charge in [-0.3, -0.25) is 0 Å². The van der Waals surface area contributed by atoms with Crippen LogP contribution >= 0.6 is 0 Å². The van der Waals surface area contributed by atoms with Gasteiger partial charge in [-0.15, -0.1) is 0 Å². The Balaban J connectivity index is 2.44. The van der Waals surface area contributed by atoms with Gasteiger partial charge in [0, 0.05) is 13.2 Å². The largest absolute Gasteiger partial charge is 0.396 e. The van der Waals surface area contributed by atoms with Gasteiger partial charge in [-0.05, 0) is 24.5 Å². The summed E-state index contributed by atoms with van der Waals surface area (Å²) < 4.78 is 26.3. The molecule has 0 bridgehead atoms. The van der Waals surface area contributed by atoms with Crippen LogP contribution in [-0.4, -0.2) is 26.7 Å². The molecule has 6 heteroatoms. The van der Waals surface area contributed by atoms with E-state index in [1.807, 2.05) is 6.07 Å². The van der Waals surface area contributed by atoms with E-state index >= 15 is 0 Å². The predicted molar refractivity (Wildman–Crippen MR) is 77.3 cm³/mol. The second kappa shape index (κ2) is 8.69. The Labute approximate surface area is 120 Å². The molecule has 1 rings (SSSR count). The molecule has 0 aromatic heterocycles. The molecule has 0 aliphatic rings. The monoisotopic (exact) mass is 296 g/mol. The molecular formula is C14H20N2O3S. The Bertz CT molecular complexity index is 550. The van der Waals surface area contributed by atoms with Crippen molar-refractivity contribution in [3.63, 3.8) is 0 Å². The third-order valence-electron chi connectivity index (χ3n) is 2.89. The minimum absolute atomic E-state index is 0.173. The molecule has 1 aromatic carbocycles. The van der Waals surface area contributed by atoms with Crippen molar-refractivity contribution >= 4 is 10.0 Å². The minimum atomic E-state index is -3.41. The molecule has 0 spiro atoms. The SMILES string of the molecule is N#Cc1ccccc1CS(=O)(=O)NCCCCCCO. The maximum atomic E-state index is 11.9. The van der Waals surface area contributed by atoms with Crippen molar-refractivity contribution in [1.29, 1.82) is 5.26 Å². The average Bonchev–Trinajstić information content (AvgIpc) is 2.43. The highest BCUT2D eigenvalue weighted by molar-refractivity contribution is 7.88. The van der Waals surface area contributed by atoms with Crippen LogP contribution in [0.25, 0.3) is 0 Å². The Morgan fingerprint density at radius 3 is 2.55 bits per heavy atom. The number of nitriles is 1. The Hall–Kier alpha value is -1.42. The van der Waals surface area contributed by atoms with Crippen LogP contribution in [0, 0.1) is 11.3 Å². The van der Waals surface area contributed by atoms with Crippen molar-refractivity contribution < 1.29 is 13.5 Å². The second-order valence-corrected chi connectivity index (χ2v) is 6.37. The molecule has 0 unspecified atom stereocenters. The van der Waals surface area contributed by atoms with Gasteiger partial charge in [-0.2, -0.15) is 5.26 Å².